The lowest BCUT2D eigenvalue weighted by atomic mass is 9.96. The summed E-state index contributed by atoms with van der Waals surface area (Å²) >= 11 is 1.46. The van der Waals surface area contributed by atoms with Crippen LogP contribution < -0.4 is 5.32 Å². The predicted octanol–water partition coefficient (Wildman–Crippen LogP) is 3.90. The van der Waals surface area contributed by atoms with Crippen LogP contribution in [0, 0.1) is 6.92 Å². The normalized spacial score (nSPS) is 17.2. The second-order valence-corrected chi connectivity index (χ2v) is 5.57. The number of rotatable bonds is 5. The van der Waals surface area contributed by atoms with Gasteiger partial charge in [-0.3, -0.25) is 9.50 Å². The molecule has 2 rings (SSSR count). The van der Waals surface area contributed by atoms with Crippen molar-refractivity contribution in [1.82, 2.24) is 5.32 Å². The van der Waals surface area contributed by atoms with Gasteiger partial charge in [0.15, 0.2) is 0 Å². The number of aryl methyl sites for hydroxylation is 1. The Morgan fingerprint density at radius 3 is 2.59 bits per heavy atom. The Morgan fingerprint density at radius 2 is 1.88 bits per heavy atom. The molecule has 1 aromatic carbocycles. The van der Waals surface area contributed by atoms with Gasteiger partial charge in [-0.15, -0.1) is 0 Å². The average Bonchev–Trinajstić information content (AvgIpc) is 2.38. The maximum Gasteiger partial charge on any atom is 0.112 e. The zero-order valence-electron chi connectivity index (χ0n) is 10.4. The van der Waals surface area contributed by atoms with Crippen LogP contribution >= 0.6 is 12.0 Å². The van der Waals surface area contributed by atoms with Crippen LogP contribution in [0.4, 0.5) is 0 Å². The summed E-state index contributed by atoms with van der Waals surface area (Å²) in [6.45, 7) is 2.74. The van der Waals surface area contributed by atoms with Gasteiger partial charge in [-0.1, -0.05) is 37.0 Å². The van der Waals surface area contributed by atoms with Crippen molar-refractivity contribution in [1.29, 1.82) is 0 Å². The summed E-state index contributed by atoms with van der Waals surface area (Å²) in [4.78, 5) is 1.17. The lowest BCUT2D eigenvalue weighted by Crippen LogP contribution is -2.32. The van der Waals surface area contributed by atoms with Gasteiger partial charge >= 0.3 is 0 Å². The Kier molecular flexibility index (Phi) is 5.36. The summed E-state index contributed by atoms with van der Waals surface area (Å²) < 4.78 is 5.57. The molecule has 1 N–H and O–H groups in total. The Balaban J connectivity index is 1.60. The molecule has 1 aliphatic rings. The van der Waals surface area contributed by atoms with Crippen molar-refractivity contribution in [2.45, 2.75) is 50.0 Å². The molecule has 0 heterocycles. The molecule has 0 atom stereocenters. The second kappa shape index (κ2) is 7.04. The molecule has 1 aromatic rings. The largest absolute Gasteiger partial charge is 0.295 e. The standard InChI is InChI=1S/C14H21NOS/c1-12-7-9-14(10-8-12)17-16-11-15-13-5-3-2-4-6-13/h7-10,13,15H,2-6,11H2,1H3. The molecule has 17 heavy (non-hydrogen) atoms. The fourth-order valence-corrected chi connectivity index (χ4v) is 2.66. The van der Waals surface area contributed by atoms with Gasteiger partial charge in [-0.05, 0) is 31.9 Å². The quantitative estimate of drug-likeness (QED) is 0.487. The molecule has 0 bridgehead atoms. The minimum atomic E-state index is 0.642. The molecule has 0 saturated heterocycles. The summed E-state index contributed by atoms with van der Waals surface area (Å²) in [7, 11) is 0. The smallest absolute Gasteiger partial charge is 0.112 e. The van der Waals surface area contributed by atoms with E-state index < -0.39 is 0 Å². The monoisotopic (exact) mass is 251 g/mol. The van der Waals surface area contributed by atoms with E-state index in [4.69, 9.17) is 4.18 Å². The summed E-state index contributed by atoms with van der Waals surface area (Å²) in [6, 6.07) is 9.09. The van der Waals surface area contributed by atoms with Gasteiger partial charge in [0.1, 0.15) is 6.73 Å². The third-order valence-electron chi connectivity index (χ3n) is 3.21. The molecule has 0 unspecified atom stereocenters. The molecule has 94 valence electrons. The maximum absolute atomic E-state index is 5.57. The second-order valence-electron chi connectivity index (χ2n) is 4.70. The Bertz CT molecular complexity index is 319. The van der Waals surface area contributed by atoms with Crippen molar-refractivity contribution in [3.05, 3.63) is 29.8 Å². The molecule has 0 aromatic heterocycles. The first-order valence-corrected chi connectivity index (χ1v) is 7.18. The van der Waals surface area contributed by atoms with Gasteiger partial charge in [0, 0.05) is 23.0 Å². The summed E-state index contributed by atoms with van der Waals surface area (Å²) in [5, 5.41) is 3.46. The van der Waals surface area contributed by atoms with E-state index in [2.05, 4.69) is 36.5 Å². The van der Waals surface area contributed by atoms with Gasteiger partial charge in [0.25, 0.3) is 0 Å². The molecule has 2 nitrogen and oxygen atoms in total. The van der Waals surface area contributed by atoms with Crippen LogP contribution in [0.25, 0.3) is 0 Å². The van der Waals surface area contributed by atoms with Crippen molar-refractivity contribution in [3.8, 4) is 0 Å². The van der Waals surface area contributed by atoms with E-state index in [9.17, 15) is 0 Å². The van der Waals surface area contributed by atoms with E-state index in [-0.39, 0.29) is 0 Å². The highest BCUT2D eigenvalue weighted by atomic mass is 32.2. The first-order chi connectivity index (χ1) is 8.34. The fraction of sp³-hybridized carbons (Fsp3) is 0.571. The van der Waals surface area contributed by atoms with Crippen LogP contribution in [-0.4, -0.2) is 12.8 Å². The molecule has 0 radical (unpaired) electrons. The molecular weight excluding hydrogens is 230 g/mol. The van der Waals surface area contributed by atoms with Crippen molar-refractivity contribution in [2.24, 2.45) is 0 Å². The molecule has 0 spiro atoms. The van der Waals surface area contributed by atoms with Crippen LogP contribution in [-0.2, 0) is 4.18 Å². The first kappa shape index (κ1) is 12.9. The van der Waals surface area contributed by atoms with E-state index in [1.54, 1.807) is 0 Å². The number of hydrogen-bond acceptors (Lipinski definition) is 3. The summed E-state index contributed by atoms with van der Waals surface area (Å²) in [5.74, 6) is 0. The molecule has 0 aliphatic heterocycles. The average molecular weight is 251 g/mol. The highest BCUT2D eigenvalue weighted by molar-refractivity contribution is 7.94. The highest BCUT2D eigenvalue weighted by Gasteiger charge is 2.11. The third kappa shape index (κ3) is 4.70. The van der Waals surface area contributed by atoms with Gasteiger partial charge in [-0.25, -0.2) is 0 Å². The minimum absolute atomic E-state index is 0.642. The zero-order chi connectivity index (χ0) is 11.9. The van der Waals surface area contributed by atoms with Crippen molar-refractivity contribution in [3.63, 3.8) is 0 Å². The third-order valence-corrected chi connectivity index (χ3v) is 3.91. The molecule has 1 fully saturated rings. The highest BCUT2D eigenvalue weighted by Crippen LogP contribution is 2.20. The number of nitrogens with one attached hydrogen (secondary N) is 1. The summed E-state index contributed by atoms with van der Waals surface area (Å²) in [6.07, 6.45) is 6.74. The van der Waals surface area contributed by atoms with Crippen molar-refractivity contribution in [2.75, 3.05) is 6.73 Å². The lowest BCUT2D eigenvalue weighted by Gasteiger charge is -2.22. The lowest BCUT2D eigenvalue weighted by molar-refractivity contribution is 0.270. The molecule has 1 saturated carbocycles. The van der Waals surface area contributed by atoms with Crippen molar-refractivity contribution < 1.29 is 4.18 Å². The Labute approximate surface area is 108 Å². The molecular formula is C14H21NOS. The predicted molar refractivity (Wildman–Crippen MR) is 73.0 cm³/mol. The minimum Gasteiger partial charge on any atom is -0.295 e. The number of benzene rings is 1. The molecule has 3 heteroatoms. The van der Waals surface area contributed by atoms with Crippen molar-refractivity contribution >= 4 is 12.0 Å². The van der Waals surface area contributed by atoms with Crippen LogP contribution in [0.5, 0.6) is 0 Å². The van der Waals surface area contributed by atoms with Gasteiger partial charge < -0.3 is 0 Å². The SMILES string of the molecule is Cc1ccc(SOCNC2CCCCC2)cc1. The first-order valence-electron chi connectivity index (χ1n) is 6.44. The topological polar surface area (TPSA) is 21.3 Å². The summed E-state index contributed by atoms with van der Waals surface area (Å²) in [5.41, 5.74) is 1.29. The van der Waals surface area contributed by atoms with Crippen LogP contribution in [0.15, 0.2) is 29.2 Å². The van der Waals surface area contributed by atoms with Crippen LogP contribution in [0.3, 0.4) is 0 Å². The van der Waals surface area contributed by atoms with E-state index in [1.165, 1.54) is 54.6 Å². The fourth-order valence-electron chi connectivity index (χ4n) is 2.15. The van der Waals surface area contributed by atoms with Crippen LogP contribution in [0.1, 0.15) is 37.7 Å². The van der Waals surface area contributed by atoms with E-state index in [0.29, 0.717) is 12.8 Å². The van der Waals surface area contributed by atoms with E-state index in [1.807, 2.05) is 0 Å². The van der Waals surface area contributed by atoms with E-state index in [0.717, 1.165) is 0 Å². The van der Waals surface area contributed by atoms with Gasteiger partial charge in [0.05, 0.1) is 0 Å². The number of hydrogen-bond donors (Lipinski definition) is 1. The Hall–Kier alpha value is -0.510. The van der Waals surface area contributed by atoms with Crippen LogP contribution in [0.2, 0.25) is 0 Å². The molecule has 0 amide bonds. The Morgan fingerprint density at radius 1 is 1.18 bits per heavy atom. The van der Waals surface area contributed by atoms with E-state index >= 15 is 0 Å². The van der Waals surface area contributed by atoms with Gasteiger partial charge in [0.2, 0.25) is 0 Å². The molecule has 1 aliphatic carbocycles. The maximum atomic E-state index is 5.57. The zero-order valence-corrected chi connectivity index (χ0v) is 11.3. The van der Waals surface area contributed by atoms with Gasteiger partial charge in [-0.2, -0.15) is 0 Å².